The molecule has 0 amide bonds. The Bertz CT molecular complexity index is 524. The first-order valence-electron chi connectivity index (χ1n) is 4.72. The van der Waals surface area contributed by atoms with Gasteiger partial charge in [-0.1, -0.05) is 29.8 Å². The number of pyridine rings is 1. The molecule has 0 bridgehead atoms. The lowest BCUT2D eigenvalue weighted by atomic mass is 10.0. The molecule has 72 valence electrons. The van der Waals surface area contributed by atoms with Gasteiger partial charge in [-0.25, -0.2) is 0 Å². The number of aromatic nitrogens is 1. The second kappa shape index (κ2) is 3.93. The van der Waals surface area contributed by atoms with E-state index in [0.717, 1.165) is 11.1 Å². The lowest BCUT2D eigenvalue weighted by Crippen LogP contribution is -1.86. The van der Waals surface area contributed by atoms with E-state index in [0.29, 0.717) is 5.56 Å². The molecule has 0 aliphatic carbocycles. The smallest absolute Gasteiger partial charge is 0.101 e. The van der Waals surface area contributed by atoms with Crippen molar-refractivity contribution in [3.63, 3.8) is 0 Å². The summed E-state index contributed by atoms with van der Waals surface area (Å²) in [5.74, 6) is 0. The summed E-state index contributed by atoms with van der Waals surface area (Å²) in [6, 6.07) is 12.1. The van der Waals surface area contributed by atoms with Crippen LogP contribution in [0.15, 0.2) is 42.7 Å². The van der Waals surface area contributed by atoms with Gasteiger partial charge in [0.15, 0.2) is 0 Å². The largest absolute Gasteiger partial charge is 0.263 e. The van der Waals surface area contributed by atoms with E-state index >= 15 is 0 Å². The Kier molecular flexibility index (Phi) is 2.47. The Hall–Kier alpha value is -2.14. The van der Waals surface area contributed by atoms with Crippen LogP contribution in [-0.4, -0.2) is 4.98 Å². The fraction of sp³-hybridized carbons (Fsp3) is 0.0769. The molecule has 15 heavy (non-hydrogen) atoms. The van der Waals surface area contributed by atoms with Crippen LogP contribution in [0.1, 0.15) is 11.1 Å². The van der Waals surface area contributed by atoms with Crippen LogP contribution in [0.5, 0.6) is 0 Å². The molecule has 0 atom stereocenters. The van der Waals surface area contributed by atoms with E-state index in [1.807, 2.05) is 31.2 Å². The van der Waals surface area contributed by atoms with Crippen molar-refractivity contribution in [1.82, 2.24) is 4.98 Å². The van der Waals surface area contributed by atoms with Crippen molar-refractivity contribution in [2.45, 2.75) is 6.92 Å². The molecule has 2 heteroatoms. The summed E-state index contributed by atoms with van der Waals surface area (Å²) >= 11 is 0. The minimum atomic E-state index is 0.614. The molecule has 0 spiro atoms. The molecule has 0 aliphatic rings. The second-order valence-electron chi connectivity index (χ2n) is 3.40. The summed E-state index contributed by atoms with van der Waals surface area (Å²) in [5, 5.41) is 8.96. The molecule has 1 heterocycles. The van der Waals surface area contributed by atoms with Crippen LogP contribution in [-0.2, 0) is 0 Å². The monoisotopic (exact) mass is 194 g/mol. The highest BCUT2D eigenvalue weighted by molar-refractivity contribution is 5.70. The molecule has 0 aliphatic heterocycles. The predicted octanol–water partition coefficient (Wildman–Crippen LogP) is 2.93. The van der Waals surface area contributed by atoms with Crippen LogP contribution in [0.3, 0.4) is 0 Å². The molecule has 0 radical (unpaired) electrons. The van der Waals surface area contributed by atoms with Gasteiger partial charge in [-0.3, -0.25) is 4.98 Å². The Morgan fingerprint density at radius 1 is 1.27 bits per heavy atom. The lowest BCUT2D eigenvalue weighted by Gasteiger charge is -2.03. The molecule has 2 rings (SSSR count). The minimum absolute atomic E-state index is 0.614. The van der Waals surface area contributed by atoms with Gasteiger partial charge < -0.3 is 0 Å². The Balaban J connectivity index is 2.60. The van der Waals surface area contributed by atoms with Crippen molar-refractivity contribution >= 4 is 0 Å². The summed E-state index contributed by atoms with van der Waals surface area (Å²) in [7, 11) is 0. The maximum absolute atomic E-state index is 8.96. The highest BCUT2D eigenvalue weighted by atomic mass is 14.6. The number of hydrogen-bond acceptors (Lipinski definition) is 2. The zero-order valence-electron chi connectivity index (χ0n) is 8.44. The summed E-state index contributed by atoms with van der Waals surface area (Å²) in [4.78, 5) is 3.94. The predicted molar refractivity (Wildman–Crippen MR) is 59.1 cm³/mol. The van der Waals surface area contributed by atoms with Gasteiger partial charge in [0.25, 0.3) is 0 Å². The van der Waals surface area contributed by atoms with Gasteiger partial charge in [-0.15, -0.1) is 0 Å². The van der Waals surface area contributed by atoms with Gasteiger partial charge >= 0.3 is 0 Å². The topological polar surface area (TPSA) is 36.7 Å². The highest BCUT2D eigenvalue weighted by Gasteiger charge is 2.03. The fourth-order valence-corrected chi connectivity index (χ4v) is 1.55. The van der Waals surface area contributed by atoms with Crippen LogP contribution < -0.4 is 0 Å². The van der Waals surface area contributed by atoms with Gasteiger partial charge in [0.2, 0.25) is 0 Å². The maximum atomic E-state index is 8.96. The number of nitriles is 1. The molecule has 0 saturated heterocycles. The first-order chi connectivity index (χ1) is 7.31. The molecular weight excluding hydrogens is 184 g/mol. The first-order valence-corrected chi connectivity index (χ1v) is 4.72. The number of hydrogen-bond donors (Lipinski definition) is 0. The van der Waals surface area contributed by atoms with Gasteiger partial charge in [0.1, 0.15) is 6.07 Å². The fourth-order valence-electron chi connectivity index (χ4n) is 1.55. The third-order valence-electron chi connectivity index (χ3n) is 2.27. The van der Waals surface area contributed by atoms with Crippen LogP contribution in [0.2, 0.25) is 0 Å². The van der Waals surface area contributed by atoms with E-state index in [4.69, 9.17) is 5.26 Å². The van der Waals surface area contributed by atoms with Gasteiger partial charge in [-0.05, 0) is 18.6 Å². The molecule has 2 nitrogen and oxygen atoms in total. The Morgan fingerprint density at radius 3 is 2.87 bits per heavy atom. The quantitative estimate of drug-likeness (QED) is 0.699. The molecule has 0 N–H and O–H groups in total. The minimum Gasteiger partial charge on any atom is -0.263 e. The third-order valence-corrected chi connectivity index (χ3v) is 2.27. The van der Waals surface area contributed by atoms with E-state index in [1.165, 1.54) is 5.56 Å². The normalized spacial score (nSPS) is 9.60. The third kappa shape index (κ3) is 1.87. The van der Waals surface area contributed by atoms with E-state index in [-0.39, 0.29) is 0 Å². The number of rotatable bonds is 1. The number of aryl methyl sites for hydroxylation is 1. The average molecular weight is 194 g/mol. The zero-order valence-corrected chi connectivity index (χ0v) is 8.44. The van der Waals surface area contributed by atoms with Crippen molar-refractivity contribution in [3.8, 4) is 17.2 Å². The SMILES string of the molecule is Cc1cccc(-c2ccncc2C#N)c1. The van der Waals surface area contributed by atoms with E-state index in [1.54, 1.807) is 12.4 Å². The Labute approximate surface area is 88.8 Å². The number of benzene rings is 1. The molecule has 0 fully saturated rings. The Morgan fingerprint density at radius 2 is 2.13 bits per heavy atom. The van der Waals surface area contributed by atoms with Crippen LogP contribution in [0, 0.1) is 18.3 Å². The van der Waals surface area contributed by atoms with E-state index < -0.39 is 0 Å². The van der Waals surface area contributed by atoms with Crippen molar-refractivity contribution in [1.29, 1.82) is 5.26 Å². The van der Waals surface area contributed by atoms with Crippen LogP contribution >= 0.6 is 0 Å². The number of nitrogens with zero attached hydrogens (tertiary/aromatic N) is 2. The highest BCUT2D eigenvalue weighted by Crippen LogP contribution is 2.22. The van der Waals surface area contributed by atoms with Gasteiger partial charge in [0, 0.05) is 18.0 Å². The van der Waals surface area contributed by atoms with Crippen molar-refractivity contribution < 1.29 is 0 Å². The average Bonchev–Trinajstić information content (AvgIpc) is 2.29. The van der Waals surface area contributed by atoms with Gasteiger partial charge in [-0.2, -0.15) is 5.26 Å². The van der Waals surface area contributed by atoms with Crippen LogP contribution in [0.4, 0.5) is 0 Å². The van der Waals surface area contributed by atoms with Crippen molar-refractivity contribution in [3.05, 3.63) is 53.9 Å². The van der Waals surface area contributed by atoms with Gasteiger partial charge in [0.05, 0.1) is 5.56 Å². The molecule has 0 saturated carbocycles. The molecule has 1 aromatic heterocycles. The van der Waals surface area contributed by atoms with E-state index in [9.17, 15) is 0 Å². The zero-order chi connectivity index (χ0) is 10.7. The molecular formula is C13H10N2. The van der Waals surface area contributed by atoms with Crippen molar-refractivity contribution in [2.75, 3.05) is 0 Å². The summed E-state index contributed by atoms with van der Waals surface area (Å²) < 4.78 is 0. The summed E-state index contributed by atoms with van der Waals surface area (Å²) in [5.41, 5.74) is 3.81. The van der Waals surface area contributed by atoms with Crippen LogP contribution in [0.25, 0.3) is 11.1 Å². The maximum Gasteiger partial charge on any atom is 0.101 e. The van der Waals surface area contributed by atoms with E-state index in [2.05, 4.69) is 17.1 Å². The standard InChI is InChI=1S/C13H10N2/c1-10-3-2-4-11(7-10)13-5-6-15-9-12(13)8-14/h2-7,9H,1H3. The summed E-state index contributed by atoms with van der Waals surface area (Å²) in [6.07, 6.45) is 3.30. The second-order valence-corrected chi connectivity index (χ2v) is 3.40. The molecule has 1 aromatic carbocycles. The van der Waals surface area contributed by atoms with Crippen molar-refractivity contribution in [2.24, 2.45) is 0 Å². The molecule has 2 aromatic rings. The molecule has 0 unspecified atom stereocenters. The summed E-state index contributed by atoms with van der Waals surface area (Å²) in [6.45, 7) is 2.04. The lowest BCUT2D eigenvalue weighted by molar-refractivity contribution is 1.30. The first kappa shape index (κ1) is 9.42.